The van der Waals surface area contributed by atoms with E-state index in [0.717, 1.165) is 31.0 Å². The molecule has 0 fully saturated rings. The summed E-state index contributed by atoms with van der Waals surface area (Å²) in [7, 11) is 0. The molecule has 0 aromatic carbocycles. The fraction of sp³-hybridized carbons (Fsp3) is 0.500. The van der Waals surface area contributed by atoms with E-state index in [2.05, 4.69) is 43.1 Å². The van der Waals surface area contributed by atoms with E-state index in [1.807, 2.05) is 22.9 Å². The lowest BCUT2D eigenvalue weighted by atomic mass is 9.99. The molecular formula is C16H24N4. The predicted octanol–water partition coefficient (Wildman–Crippen LogP) is 2.99. The molecule has 4 heteroatoms. The van der Waals surface area contributed by atoms with Crippen molar-refractivity contribution in [3.63, 3.8) is 0 Å². The van der Waals surface area contributed by atoms with Crippen LogP contribution in [0, 0.1) is 13.8 Å². The zero-order chi connectivity index (χ0) is 14.5. The van der Waals surface area contributed by atoms with E-state index in [4.69, 9.17) is 0 Å². The average Bonchev–Trinajstić information content (AvgIpc) is 2.75. The monoisotopic (exact) mass is 272 g/mol. The second-order valence-corrected chi connectivity index (χ2v) is 5.29. The highest BCUT2D eigenvalue weighted by Crippen LogP contribution is 2.24. The van der Waals surface area contributed by atoms with E-state index in [1.165, 1.54) is 11.3 Å². The summed E-state index contributed by atoms with van der Waals surface area (Å²) in [5, 5.41) is 8.14. The van der Waals surface area contributed by atoms with Crippen molar-refractivity contribution in [1.29, 1.82) is 0 Å². The number of hydrogen-bond acceptors (Lipinski definition) is 3. The number of pyridine rings is 1. The SMILES string of the molecule is CCCNCC(C)c1c(C)nn(-c2ccccn2)c1C. The van der Waals surface area contributed by atoms with Crippen molar-refractivity contribution in [2.45, 2.75) is 40.0 Å². The van der Waals surface area contributed by atoms with Gasteiger partial charge in [0.1, 0.15) is 0 Å². The van der Waals surface area contributed by atoms with Gasteiger partial charge in [0.25, 0.3) is 0 Å². The van der Waals surface area contributed by atoms with Crippen molar-refractivity contribution in [2.75, 3.05) is 13.1 Å². The summed E-state index contributed by atoms with van der Waals surface area (Å²) in [6.45, 7) is 10.7. The van der Waals surface area contributed by atoms with Gasteiger partial charge >= 0.3 is 0 Å². The van der Waals surface area contributed by atoms with Crippen LogP contribution in [0.15, 0.2) is 24.4 Å². The van der Waals surface area contributed by atoms with Crippen molar-refractivity contribution in [3.05, 3.63) is 41.3 Å². The zero-order valence-corrected chi connectivity index (χ0v) is 12.8. The third-order valence-corrected chi connectivity index (χ3v) is 3.58. The second kappa shape index (κ2) is 6.66. The standard InChI is InChI=1S/C16H24N4/c1-5-9-17-11-12(2)16-13(3)19-20(14(16)4)15-8-6-7-10-18-15/h6-8,10,12,17H,5,9,11H2,1-4H3. The molecule has 0 saturated heterocycles. The first kappa shape index (κ1) is 14.7. The smallest absolute Gasteiger partial charge is 0.153 e. The summed E-state index contributed by atoms with van der Waals surface area (Å²) in [4.78, 5) is 4.38. The Hall–Kier alpha value is -1.68. The van der Waals surface area contributed by atoms with E-state index in [-0.39, 0.29) is 0 Å². The Balaban J connectivity index is 2.25. The van der Waals surface area contributed by atoms with Crippen LogP contribution >= 0.6 is 0 Å². The Bertz CT molecular complexity index is 545. The maximum atomic E-state index is 4.66. The van der Waals surface area contributed by atoms with Crippen molar-refractivity contribution >= 4 is 0 Å². The molecule has 2 heterocycles. The van der Waals surface area contributed by atoms with E-state index >= 15 is 0 Å². The highest BCUT2D eigenvalue weighted by molar-refractivity contribution is 5.34. The summed E-state index contributed by atoms with van der Waals surface area (Å²) in [6, 6.07) is 5.90. The molecule has 1 N–H and O–H groups in total. The van der Waals surface area contributed by atoms with Crippen LogP contribution in [0.3, 0.4) is 0 Å². The third-order valence-electron chi connectivity index (χ3n) is 3.58. The largest absolute Gasteiger partial charge is 0.316 e. The normalized spacial score (nSPS) is 12.6. The summed E-state index contributed by atoms with van der Waals surface area (Å²) >= 11 is 0. The quantitative estimate of drug-likeness (QED) is 0.822. The van der Waals surface area contributed by atoms with E-state index < -0.39 is 0 Å². The first-order valence-electron chi connectivity index (χ1n) is 7.33. The summed E-state index contributed by atoms with van der Waals surface area (Å²) < 4.78 is 1.95. The number of hydrogen-bond donors (Lipinski definition) is 1. The lowest BCUT2D eigenvalue weighted by molar-refractivity contribution is 0.605. The van der Waals surface area contributed by atoms with Gasteiger partial charge in [-0.15, -0.1) is 0 Å². The topological polar surface area (TPSA) is 42.7 Å². The number of nitrogens with one attached hydrogen (secondary N) is 1. The lowest BCUT2D eigenvalue weighted by Crippen LogP contribution is -2.21. The Morgan fingerprint density at radius 3 is 2.75 bits per heavy atom. The summed E-state index contributed by atoms with van der Waals surface area (Å²) in [5.74, 6) is 1.34. The molecule has 0 aliphatic rings. The number of aromatic nitrogens is 3. The summed E-state index contributed by atoms with van der Waals surface area (Å²) in [6.07, 6.45) is 2.97. The van der Waals surface area contributed by atoms with E-state index in [9.17, 15) is 0 Å². The number of aryl methyl sites for hydroxylation is 1. The average molecular weight is 272 g/mol. The minimum absolute atomic E-state index is 0.457. The summed E-state index contributed by atoms with van der Waals surface area (Å²) in [5.41, 5.74) is 3.62. The van der Waals surface area contributed by atoms with Gasteiger partial charge in [-0.25, -0.2) is 9.67 Å². The molecule has 0 bridgehead atoms. The van der Waals surface area contributed by atoms with Gasteiger partial charge in [0.2, 0.25) is 0 Å². The van der Waals surface area contributed by atoms with Gasteiger partial charge in [-0.1, -0.05) is 19.9 Å². The minimum Gasteiger partial charge on any atom is -0.316 e. The maximum absolute atomic E-state index is 4.66. The molecule has 4 nitrogen and oxygen atoms in total. The lowest BCUT2D eigenvalue weighted by Gasteiger charge is -2.13. The Morgan fingerprint density at radius 1 is 1.30 bits per heavy atom. The molecule has 20 heavy (non-hydrogen) atoms. The van der Waals surface area contributed by atoms with Crippen LogP contribution in [0.1, 0.15) is 43.1 Å². The predicted molar refractivity (Wildman–Crippen MR) is 82.4 cm³/mol. The molecule has 2 rings (SSSR count). The molecule has 0 amide bonds. The maximum Gasteiger partial charge on any atom is 0.153 e. The second-order valence-electron chi connectivity index (χ2n) is 5.29. The van der Waals surface area contributed by atoms with Gasteiger partial charge in [0, 0.05) is 24.0 Å². The fourth-order valence-electron chi connectivity index (χ4n) is 2.67. The third kappa shape index (κ3) is 3.07. The van der Waals surface area contributed by atoms with Crippen molar-refractivity contribution in [3.8, 4) is 5.82 Å². The highest BCUT2D eigenvalue weighted by Gasteiger charge is 2.18. The van der Waals surface area contributed by atoms with Crippen LogP contribution in [-0.2, 0) is 0 Å². The van der Waals surface area contributed by atoms with Gasteiger partial charge < -0.3 is 5.32 Å². The van der Waals surface area contributed by atoms with E-state index in [1.54, 1.807) is 6.20 Å². The Labute approximate surface area is 121 Å². The Kier molecular flexibility index (Phi) is 4.90. The van der Waals surface area contributed by atoms with Crippen molar-refractivity contribution < 1.29 is 0 Å². The molecule has 0 saturated carbocycles. The van der Waals surface area contributed by atoms with Gasteiger partial charge in [-0.3, -0.25) is 0 Å². The van der Waals surface area contributed by atoms with Gasteiger partial charge in [-0.2, -0.15) is 5.10 Å². The molecule has 0 aliphatic carbocycles. The van der Waals surface area contributed by atoms with Crippen molar-refractivity contribution in [1.82, 2.24) is 20.1 Å². The number of rotatable bonds is 6. The van der Waals surface area contributed by atoms with Gasteiger partial charge in [0.05, 0.1) is 5.69 Å². The molecule has 108 valence electrons. The highest BCUT2D eigenvalue weighted by atomic mass is 15.3. The van der Waals surface area contributed by atoms with Gasteiger partial charge in [-0.05, 0) is 44.9 Å². The first-order valence-corrected chi connectivity index (χ1v) is 7.33. The van der Waals surface area contributed by atoms with Crippen LogP contribution < -0.4 is 5.32 Å². The first-order chi connectivity index (χ1) is 9.65. The molecule has 0 aliphatic heterocycles. The van der Waals surface area contributed by atoms with Crippen LogP contribution in [-0.4, -0.2) is 27.9 Å². The zero-order valence-electron chi connectivity index (χ0n) is 12.8. The van der Waals surface area contributed by atoms with Crippen LogP contribution in [0.2, 0.25) is 0 Å². The molecule has 2 aromatic heterocycles. The van der Waals surface area contributed by atoms with Crippen LogP contribution in [0.4, 0.5) is 0 Å². The molecule has 1 atom stereocenters. The Morgan fingerprint density at radius 2 is 2.10 bits per heavy atom. The van der Waals surface area contributed by atoms with E-state index in [0.29, 0.717) is 5.92 Å². The fourth-order valence-corrected chi connectivity index (χ4v) is 2.67. The molecule has 0 spiro atoms. The van der Waals surface area contributed by atoms with Crippen molar-refractivity contribution in [2.24, 2.45) is 0 Å². The van der Waals surface area contributed by atoms with Crippen LogP contribution in [0.25, 0.3) is 5.82 Å². The molecular weight excluding hydrogens is 248 g/mol. The molecule has 0 radical (unpaired) electrons. The minimum atomic E-state index is 0.457. The molecule has 1 unspecified atom stereocenters. The number of nitrogens with zero attached hydrogens (tertiary/aromatic N) is 3. The molecule has 2 aromatic rings. The van der Waals surface area contributed by atoms with Gasteiger partial charge in [0.15, 0.2) is 5.82 Å². The van der Waals surface area contributed by atoms with Crippen LogP contribution in [0.5, 0.6) is 0 Å².